The highest BCUT2D eigenvalue weighted by atomic mass is 35.5. The van der Waals surface area contributed by atoms with E-state index in [0.717, 1.165) is 24.3 Å². The van der Waals surface area contributed by atoms with Crippen LogP contribution in [0.4, 0.5) is 0 Å². The first-order valence-corrected chi connectivity index (χ1v) is 9.96. The summed E-state index contributed by atoms with van der Waals surface area (Å²) in [5, 5.41) is 7.24. The Hall–Kier alpha value is -1.37. The Morgan fingerprint density at radius 1 is 1.30 bits per heavy atom. The molecule has 0 aliphatic carbocycles. The predicted octanol–water partition coefficient (Wildman–Crippen LogP) is 1.47. The SMILES string of the molecule is Cc1nn([C@@H]2CCS(=O)(=O)C2)c(Cl)c1C[NH2+]Cc1ccccc1. The first-order chi connectivity index (χ1) is 11.0. The molecule has 124 valence electrons. The Morgan fingerprint density at radius 3 is 2.70 bits per heavy atom. The van der Waals surface area contributed by atoms with E-state index in [1.165, 1.54) is 5.56 Å². The van der Waals surface area contributed by atoms with Crippen molar-refractivity contribution in [3.63, 3.8) is 0 Å². The summed E-state index contributed by atoms with van der Waals surface area (Å²) in [4.78, 5) is 0. The van der Waals surface area contributed by atoms with Crippen LogP contribution in [0.3, 0.4) is 0 Å². The normalized spacial score (nSPS) is 20.0. The van der Waals surface area contributed by atoms with Crippen LogP contribution in [0, 0.1) is 6.92 Å². The van der Waals surface area contributed by atoms with E-state index in [2.05, 4.69) is 22.5 Å². The van der Waals surface area contributed by atoms with Gasteiger partial charge in [0.1, 0.15) is 18.2 Å². The molecule has 0 amide bonds. The van der Waals surface area contributed by atoms with Crippen LogP contribution in [-0.2, 0) is 22.9 Å². The highest BCUT2D eigenvalue weighted by Crippen LogP contribution is 2.29. The van der Waals surface area contributed by atoms with Gasteiger partial charge in [-0.2, -0.15) is 5.10 Å². The number of nitrogens with zero attached hydrogens (tertiary/aromatic N) is 2. The van der Waals surface area contributed by atoms with Gasteiger partial charge < -0.3 is 5.32 Å². The summed E-state index contributed by atoms with van der Waals surface area (Å²) in [6, 6.07) is 10.1. The first kappa shape index (κ1) is 16.5. The van der Waals surface area contributed by atoms with Crippen LogP contribution in [0.2, 0.25) is 5.15 Å². The Morgan fingerprint density at radius 2 is 2.04 bits per heavy atom. The molecule has 0 unspecified atom stereocenters. The zero-order valence-corrected chi connectivity index (χ0v) is 14.6. The van der Waals surface area contributed by atoms with E-state index < -0.39 is 9.84 Å². The number of sulfone groups is 1. The number of aromatic nitrogens is 2. The van der Waals surface area contributed by atoms with Crippen LogP contribution in [0.15, 0.2) is 30.3 Å². The van der Waals surface area contributed by atoms with Gasteiger partial charge >= 0.3 is 0 Å². The van der Waals surface area contributed by atoms with Gasteiger partial charge in [-0.25, -0.2) is 13.1 Å². The van der Waals surface area contributed by atoms with Gasteiger partial charge in [0.2, 0.25) is 0 Å². The smallest absolute Gasteiger partial charge is 0.152 e. The fraction of sp³-hybridized carbons (Fsp3) is 0.438. The summed E-state index contributed by atoms with van der Waals surface area (Å²) in [6.07, 6.45) is 0.594. The maximum atomic E-state index is 11.7. The number of nitrogens with two attached hydrogens (primary N) is 1. The zero-order chi connectivity index (χ0) is 16.4. The first-order valence-electron chi connectivity index (χ1n) is 7.76. The van der Waals surface area contributed by atoms with Gasteiger partial charge in [-0.15, -0.1) is 0 Å². The molecular formula is C16H21ClN3O2S+. The van der Waals surface area contributed by atoms with Gasteiger partial charge in [-0.1, -0.05) is 41.9 Å². The minimum Gasteiger partial charge on any atom is -0.339 e. The number of aryl methyl sites for hydroxylation is 1. The maximum absolute atomic E-state index is 11.7. The largest absolute Gasteiger partial charge is 0.339 e. The highest BCUT2D eigenvalue weighted by molar-refractivity contribution is 7.91. The highest BCUT2D eigenvalue weighted by Gasteiger charge is 2.32. The molecule has 0 spiro atoms. The van der Waals surface area contributed by atoms with Gasteiger partial charge in [0.25, 0.3) is 0 Å². The Bertz CT molecular complexity index is 787. The molecule has 0 radical (unpaired) electrons. The van der Waals surface area contributed by atoms with E-state index in [9.17, 15) is 8.42 Å². The lowest BCUT2D eigenvalue weighted by atomic mass is 10.2. The average Bonchev–Trinajstić information content (AvgIpc) is 3.01. The van der Waals surface area contributed by atoms with Crippen molar-refractivity contribution in [3.05, 3.63) is 52.3 Å². The van der Waals surface area contributed by atoms with Crippen molar-refractivity contribution in [3.8, 4) is 0 Å². The molecule has 1 aromatic heterocycles. The lowest BCUT2D eigenvalue weighted by molar-refractivity contribution is -0.686. The molecule has 1 saturated heterocycles. The summed E-state index contributed by atoms with van der Waals surface area (Å²) in [5.74, 6) is 0.364. The van der Waals surface area contributed by atoms with Crippen molar-refractivity contribution in [2.45, 2.75) is 32.5 Å². The lowest BCUT2D eigenvalue weighted by Gasteiger charge is -2.09. The second-order valence-corrected chi connectivity index (χ2v) is 8.63. The van der Waals surface area contributed by atoms with E-state index >= 15 is 0 Å². The fourth-order valence-electron chi connectivity index (χ4n) is 2.99. The molecular weight excluding hydrogens is 334 g/mol. The van der Waals surface area contributed by atoms with Crippen molar-refractivity contribution in [1.29, 1.82) is 0 Å². The number of rotatable bonds is 5. The average molecular weight is 355 g/mol. The van der Waals surface area contributed by atoms with E-state index in [0.29, 0.717) is 11.6 Å². The van der Waals surface area contributed by atoms with Crippen LogP contribution >= 0.6 is 11.6 Å². The monoisotopic (exact) mass is 354 g/mol. The van der Waals surface area contributed by atoms with Gasteiger partial charge in [0.05, 0.1) is 28.8 Å². The molecule has 1 aromatic carbocycles. The summed E-state index contributed by atoms with van der Waals surface area (Å²) in [7, 11) is -2.94. The molecule has 3 rings (SSSR count). The molecule has 0 bridgehead atoms. The van der Waals surface area contributed by atoms with Crippen LogP contribution < -0.4 is 5.32 Å². The predicted molar refractivity (Wildman–Crippen MR) is 90.1 cm³/mol. The van der Waals surface area contributed by atoms with Gasteiger partial charge in [0.15, 0.2) is 9.84 Å². The van der Waals surface area contributed by atoms with Gasteiger partial charge in [-0.05, 0) is 13.3 Å². The Kier molecular flexibility index (Phi) is 4.75. The van der Waals surface area contributed by atoms with E-state index in [1.807, 2.05) is 25.1 Å². The topological polar surface area (TPSA) is 68.6 Å². The second kappa shape index (κ2) is 6.63. The molecule has 0 saturated carbocycles. The van der Waals surface area contributed by atoms with Crippen molar-refractivity contribution < 1.29 is 13.7 Å². The summed E-state index contributed by atoms with van der Waals surface area (Å²) < 4.78 is 25.0. The molecule has 2 aromatic rings. The third kappa shape index (κ3) is 3.76. The number of benzene rings is 1. The fourth-order valence-corrected chi connectivity index (χ4v) is 5.07. The second-order valence-electron chi connectivity index (χ2n) is 6.04. The summed E-state index contributed by atoms with van der Waals surface area (Å²) in [5.41, 5.74) is 3.13. The van der Waals surface area contributed by atoms with Crippen molar-refractivity contribution in [2.24, 2.45) is 0 Å². The summed E-state index contributed by atoms with van der Waals surface area (Å²) in [6.45, 7) is 3.54. The molecule has 2 N–H and O–H groups in total. The third-order valence-corrected chi connectivity index (χ3v) is 6.42. The molecule has 1 atom stereocenters. The molecule has 1 aliphatic heterocycles. The van der Waals surface area contributed by atoms with Crippen molar-refractivity contribution in [2.75, 3.05) is 11.5 Å². The molecule has 1 fully saturated rings. The number of hydrogen-bond acceptors (Lipinski definition) is 3. The van der Waals surface area contributed by atoms with Crippen molar-refractivity contribution >= 4 is 21.4 Å². The minimum absolute atomic E-state index is 0.130. The minimum atomic E-state index is -2.94. The van der Waals surface area contributed by atoms with E-state index in [-0.39, 0.29) is 17.5 Å². The van der Waals surface area contributed by atoms with Crippen LogP contribution in [-0.4, -0.2) is 29.7 Å². The zero-order valence-electron chi connectivity index (χ0n) is 13.1. The standard InChI is InChI=1S/C16H20ClN3O2S/c1-12-15(10-18-9-13-5-3-2-4-6-13)16(17)20(19-12)14-7-8-23(21,22)11-14/h2-6,14,18H,7-11H2,1H3/p+1/t14-/m1/s1. The molecule has 1 aliphatic rings. The maximum Gasteiger partial charge on any atom is 0.152 e. The molecule has 7 heteroatoms. The Balaban J connectivity index is 1.69. The van der Waals surface area contributed by atoms with Crippen molar-refractivity contribution in [1.82, 2.24) is 9.78 Å². The number of hydrogen-bond donors (Lipinski definition) is 1. The molecule has 5 nitrogen and oxygen atoms in total. The van der Waals surface area contributed by atoms with E-state index in [1.54, 1.807) is 4.68 Å². The number of quaternary nitrogens is 1. The van der Waals surface area contributed by atoms with E-state index in [4.69, 9.17) is 11.6 Å². The van der Waals surface area contributed by atoms with Gasteiger partial charge in [-0.3, -0.25) is 0 Å². The molecule has 2 heterocycles. The Labute approximate surface area is 141 Å². The third-order valence-electron chi connectivity index (χ3n) is 4.27. The van der Waals surface area contributed by atoms with Crippen LogP contribution in [0.1, 0.15) is 29.3 Å². The van der Waals surface area contributed by atoms with Crippen LogP contribution in [0.25, 0.3) is 0 Å². The van der Waals surface area contributed by atoms with Gasteiger partial charge in [0, 0.05) is 5.56 Å². The number of halogens is 1. The van der Waals surface area contributed by atoms with Crippen LogP contribution in [0.5, 0.6) is 0 Å². The lowest BCUT2D eigenvalue weighted by Crippen LogP contribution is -2.80. The molecule has 23 heavy (non-hydrogen) atoms. The summed E-state index contributed by atoms with van der Waals surface area (Å²) >= 11 is 6.47. The quantitative estimate of drug-likeness (QED) is 0.884.